The van der Waals surface area contributed by atoms with Crippen molar-refractivity contribution in [3.8, 4) is 5.75 Å². The number of ether oxygens (including phenoxy) is 1. The average molecular weight is 368 g/mol. The number of methoxy groups -OCH3 is 1. The Kier molecular flexibility index (Phi) is 3.95. The number of rotatable bonds is 3. The summed E-state index contributed by atoms with van der Waals surface area (Å²) in [7, 11) is 1.63. The lowest BCUT2D eigenvalue weighted by atomic mass is 9.49. The maximum atomic E-state index is 13.8. The highest BCUT2D eigenvalue weighted by atomic mass is 16.5. The first-order valence-electron chi connectivity index (χ1n) is 10.3. The second-order valence-corrected chi connectivity index (χ2v) is 9.16. The third kappa shape index (κ3) is 2.74. The molecule has 2 amide bonds. The van der Waals surface area contributed by atoms with Gasteiger partial charge in [0.1, 0.15) is 11.8 Å². The van der Waals surface area contributed by atoms with E-state index in [1.54, 1.807) is 7.11 Å². The van der Waals surface area contributed by atoms with E-state index in [1.807, 2.05) is 29.2 Å². The van der Waals surface area contributed by atoms with Crippen LogP contribution in [0.2, 0.25) is 0 Å². The highest BCUT2D eigenvalue weighted by Crippen LogP contribution is 2.60. The van der Waals surface area contributed by atoms with Crippen molar-refractivity contribution in [3.63, 3.8) is 0 Å². The molecule has 27 heavy (non-hydrogen) atoms. The monoisotopic (exact) mass is 368 g/mol. The lowest BCUT2D eigenvalue weighted by Gasteiger charge is -2.57. The molecule has 1 N–H and O–H groups in total. The number of carbonyl (C=O) groups is 2. The average Bonchev–Trinajstić information content (AvgIpc) is 2.66. The number of carbonyl (C=O) groups excluding carboxylic acids is 2. The summed E-state index contributed by atoms with van der Waals surface area (Å²) in [5.41, 5.74) is 0.656. The fraction of sp³-hybridized carbons (Fsp3) is 0.636. The molecule has 1 saturated heterocycles. The number of hydrogen-bond acceptors (Lipinski definition) is 3. The molecule has 5 fully saturated rings. The van der Waals surface area contributed by atoms with Crippen LogP contribution in [-0.2, 0) is 9.59 Å². The van der Waals surface area contributed by atoms with Crippen LogP contribution >= 0.6 is 0 Å². The highest BCUT2D eigenvalue weighted by Gasteiger charge is 2.56. The normalized spacial score (nSPS) is 37.2. The summed E-state index contributed by atoms with van der Waals surface area (Å²) in [4.78, 5) is 28.5. The van der Waals surface area contributed by atoms with Crippen LogP contribution in [0.1, 0.15) is 50.1 Å². The van der Waals surface area contributed by atoms with Crippen molar-refractivity contribution in [1.29, 1.82) is 0 Å². The molecule has 1 aromatic carbocycles. The molecule has 1 atom stereocenters. The van der Waals surface area contributed by atoms with Crippen molar-refractivity contribution >= 4 is 11.8 Å². The van der Waals surface area contributed by atoms with E-state index < -0.39 is 6.04 Å². The molecule has 4 saturated carbocycles. The van der Waals surface area contributed by atoms with Gasteiger partial charge in [-0.05, 0) is 74.0 Å². The van der Waals surface area contributed by atoms with Gasteiger partial charge in [-0.15, -0.1) is 0 Å². The third-order valence-electron chi connectivity index (χ3n) is 7.40. The van der Waals surface area contributed by atoms with E-state index in [4.69, 9.17) is 4.74 Å². The number of amides is 2. The van der Waals surface area contributed by atoms with Crippen molar-refractivity contribution in [3.05, 3.63) is 29.8 Å². The van der Waals surface area contributed by atoms with Crippen LogP contribution in [0.3, 0.4) is 0 Å². The molecule has 6 rings (SSSR count). The summed E-state index contributed by atoms with van der Waals surface area (Å²) in [6.07, 6.45) is 7.04. The van der Waals surface area contributed by atoms with E-state index in [-0.39, 0.29) is 17.2 Å². The van der Waals surface area contributed by atoms with E-state index in [1.165, 1.54) is 19.3 Å². The molecule has 1 unspecified atom stereocenters. The molecule has 1 aromatic rings. The van der Waals surface area contributed by atoms with Gasteiger partial charge in [0, 0.05) is 13.1 Å². The molecular formula is C22H28N2O3. The first-order valence-corrected chi connectivity index (χ1v) is 10.3. The molecule has 1 heterocycles. The Morgan fingerprint density at radius 3 is 2.22 bits per heavy atom. The zero-order chi connectivity index (χ0) is 18.6. The molecule has 0 aromatic heterocycles. The summed E-state index contributed by atoms with van der Waals surface area (Å²) in [5, 5.41) is 2.95. The van der Waals surface area contributed by atoms with E-state index >= 15 is 0 Å². The van der Waals surface area contributed by atoms with Crippen LogP contribution in [0.15, 0.2) is 24.3 Å². The maximum absolute atomic E-state index is 13.8. The SMILES string of the molecule is COc1ccc(C2C(=O)NCCN2C(=O)C23CC4CC(CC(C4)C2)C3)cc1. The second-order valence-electron chi connectivity index (χ2n) is 9.16. The van der Waals surface area contributed by atoms with E-state index in [9.17, 15) is 9.59 Å². The van der Waals surface area contributed by atoms with Gasteiger partial charge in [0.05, 0.1) is 12.5 Å². The first-order chi connectivity index (χ1) is 13.1. The van der Waals surface area contributed by atoms with Crippen LogP contribution in [0.25, 0.3) is 0 Å². The summed E-state index contributed by atoms with van der Waals surface area (Å²) in [6.45, 7) is 1.15. The van der Waals surface area contributed by atoms with Gasteiger partial charge in [-0.2, -0.15) is 0 Å². The topological polar surface area (TPSA) is 58.6 Å². The Hall–Kier alpha value is -2.04. The van der Waals surface area contributed by atoms with Crippen molar-refractivity contribution in [2.45, 2.75) is 44.6 Å². The van der Waals surface area contributed by atoms with Crippen molar-refractivity contribution < 1.29 is 14.3 Å². The van der Waals surface area contributed by atoms with Crippen LogP contribution in [0.4, 0.5) is 0 Å². The van der Waals surface area contributed by atoms with Crippen LogP contribution in [0, 0.1) is 23.2 Å². The molecule has 5 nitrogen and oxygen atoms in total. The summed E-state index contributed by atoms with van der Waals surface area (Å²) >= 11 is 0. The van der Waals surface area contributed by atoms with Gasteiger partial charge >= 0.3 is 0 Å². The minimum absolute atomic E-state index is 0.0653. The van der Waals surface area contributed by atoms with E-state index in [0.29, 0.717) is 13.1 Å². The van der Waals surface area contributed by atoms with Gasteiger partial charge in [-0.1, -0.05) is 12.1 Å². The smallest absolute Gasteiger partial charge is 0.247 e. The van der Waals surface area contributed by atoms with Gasteiger partial charge in [0.15, 0.2) is 0 Å². The van der Waals surface area contributed by atoms with Gasteiger partial charge in [0.25, 0.3) is 0 Å². The summed E-state index contributed by atoms with van der Waals surface area (Å²) in [6, 6.07) is 7.03. The summed E-state index contributed by atoms with van der Waals surface area (Å²) < 4.78 is 5.24. The number of nitrogens with zero attached hydrogens (tertiary/aromatic N) is 1. The van der Waals surface area contributed by atoms with Gasteiger partial charge in [0.2, 0.25) is 11.8 Å². The second kappa shape index (κ2) is 6.25. The minimum Gasteiger partial charge on any atom is -0.497 e. The van der Waals surface area contributed by atoms with Crippen LogP contribution in [0.5, 0.6) is 5.75 Å². The Morgan fingerprint density at radius 2 is 1.67 bits per heavy atom. The van der Waals surface area contributed by atoms with Gasteiger partial charge in [-0.3, -0.25) is 9.59 Å². The van der Waals surface area contributed by atoms with Gasteiger partial charge < -0.3 is 15.0 Å². The molecule has 4 aliphatic carbocycles. The largest absolute Gasteiger partial charge is 0.497 e. The minimum atomic E-state index is -0.523. The standard InChI is InChI=1S/C22H28N2O3/c1-27-18-4-2-17(3-5-18)19-20(25)23-6-7-24(19)21(26)22-11-14-8-15(12-22)10-16(9-14)13-22/h2-5,14-16,19H,6-13H2,1H3,(H,23,25). The Morgan fingerprint density at radius 1 is 1.07 bits per heavy atom. The van der Waals surface area contributed by atoms with Gasteiger partial charge in [-0.25, -0.2) is 0 Å². The summed E-state index contributed by atoms with van der Waals surface area (Å²) in [5.74, 6) is 3.09. The van der Waals surface area contributed by atoms with E-state index in [0.717, 1.165) is 48.3 Å². The molecule has 1 aliphatic heterocycles. The molecule has 144 valence electrons. The lowest BCUT2D eigenvalue weighted by molar-refractivity contribution is -0.164. The number of hydrogen-bond donors (Lipinski definition) is 1. The van der Waals surface area contributed by atoms with E-state index in [2.05, 4.69) is 5.32 Å². The molecular weight excluding hydrogens is 340 g/mol. The Bertz CT molecular complexity index is 722. The van der Waals surface area contributed by atoms with Crippen LogP contribution in [-0.4, -0.2) is 36.9 Å². The molecule has 4 bridgehead atoms. The Balaban J connectivity index is 1.46. The quantitative estimate of drug-likeness (QED) is 0.892. The molecule has 0 spiro atoms. The predicted molar refractivity (Wildman–Crippen MR) is 101 cm³/mol. The predicted octanol–water partition coefficient (Wildman–Crippen LogP) is 2.91. The van der Waals surface area contributed by atoms with Crippen molar-refractivity contribution in [1.82, 2.24) is 10.2 Å². The van der Waals surface area contributed by atoms with Crippen molar-refractivity contribution in [2.24, 2.45) is 23.2 Å². The van der Waals surface area contributed by atoms with Crippen molar-refractivity contribution in [2.75, 3.05) is 20.2 Å². The molecule has 5 aliphatic rings. The fourth-order valence-corrected chi connectivity index (χ4v) is 6.68. The zero-order valence-electron chi connectivity index (χ0n) is 15.9. The fourth-order valence-electron chi connectivity index (χ4n) is 6.68. The molecule has 0 radical (unpaired) electrons. The number of benzene rings is 1. The number of nitrogens with one attached hydrogen (secondary N) is 1. The maximum Gasteiger partial charge on any atom is 0.247 e. The Labute approximate surface area is 160 Å². The number of piperazine rings is 1. The molecule has 5 heteroatoms. The van der Waals surface area contributed by atoms with Crippen LogP contribution < -0.4 is 10.1 Å². The highest BCUT2D eigenvalue weighted by molar-refractivity contribution is 5.92. The first kappa shape index (κ1) is 17.1. The zero-order valence-corrected chi connectivity index (χ0v) is 15.9. The third-order valence-corrected chi connectivity index (χ3v) is 7.40. The lowest BCUT2D eigenvalue weighted by Crippen LogP contribution is -2.59.